The number of aliphatic hydroxyl groups is 1. The van der Waals surface area contributed by atoms with Crippen molar-refractivity contribution in [1.29, 1.82) is 0 Å². The first kappa shape index (κ1) is 10.1. The van der Waals surface area contributed by atoms with E-state index in [2.05, 4.69) is 0 Å². The van der Waals surface area contributed by atoms with E-state index in [9.17, 15) is 5.11 Å². The predicted octanol–water partition coefficient (Wildman–Crippen LogP) is 2.87. The van der Waals surface area contributed by atoms with Gasteiger partial charge in [0, 0.05) is 5.56 Å². The Hall–Kier alpha value is 0.0500. The average molecular weight is 226 g/mol. The molecule has 0 aliphatic carbocycles. The molecule has 1 aromatic carbocycles. The fourth-order valence-corrected chi connectivity index (χ4v) is 1.18. The maximum Gasteiger partial charge on any atom is 0.194 e. The third-order valence-corrected chi connectivity index (χ3v) is 2.76. The van der Waals surface area contributed by atoms with Gasteiger partial charge in [-0.3, -0.25) is 0 Å². The van der Waals surface area contributed by atoms with E-state index < -0.39 is 9.90 Å². The van der Waals surface area contributed by atoms with Gasteiger partial charge in [-0.25, -0.2) is 0 Å². The lowest BCUT2D eigenvalue weighted by Crippen LogP contribution is -2.25. The molecule has 0 spiro atoms. The first-order chi connectivity index (χ1) is 5.55. The minimum Gasteiger partial charge on any atom is -0.369 e. The third kappa shape index (κ3) is 2.05. The summed E-state index contributed by atoms with van der Waals surface area (Å²) in [5, 5.41) is 7.86. The zero-order valence-electron chi connectivity index (χ0n) is 6.05. The number of rotatable bonds is 2. The average Bonchev–Trinajstić information content (AvgIpc) is 2.06. The van der Waals surface area contributed by atoms with E-state index in [-0.39, 0.29) is 0 Å². The summed E-state index contributed by atoms with van der Waals surface area (Å²) in [6.07, 6.45) is 0. The van der Waals surface area contributed by atoms with Crippen LogP contribution >= 0.6 is 34.8 Å². The smallest absolute Gasteiger partial charge is 0.194 e. The van der Waals surface area contributed by atoms with Crippen LogP contribution in [0.25, 0.3) is 0 Å². The zero-order valence-corrected chi connectivity index (χ0v) is 8.31. The molecule has 0 unspecified atom stereocenters. The van der Waals surface area contributed by atoms with Gasteiger partial charge in [0.15, 0.2) is 9.90 Å². The lowest BCUT2D eigenvalue weighted by atomic mass is 10.1. The Balaban J connectivity index is 2.98. The van der Waals surface area contributed by atoms with Crippen LogP contribution in [0.3, 0.4) is 0 Å². The monoisotopic (exact) mass is 224 g/mol. The van der Waals surface area contributed by atoms with Crippen molar-refractivity contribution in [2.24, 2.45) is 0 Å². The first-order valence-corrected chi connectivity index (χ1v) is 4.55. The van der Waals surface area contributed by atoms with Crippen LogP contribution in [0.4, 0.5) is 0 Å². The van der Waals surface area contributed by atoms with E-state index in [4.69, 9.17) is 34.8 Å². The number of hydrogen-bond acceptors (Lipinski definition) is 1. The number of alkyl halides is 3. The number of halogens is 3. The zero-order chi connectivity index (χ0) is 9.19. The summed E-state index contributed by atoms with van der Waals surface area (Å²) in [6, 6.07) is 8.63. The van der Waals surface area contributed by atoms with Crippen molar-refractivity contribution in [3.63, 3.8) is 0 Å². The molecule has 0 fully saturated rings. The van der Waals surface area contributed by atoms with Gasteiger partial charge in [0.25, 0.3) is 0 Å². The topological polar surface area (TPSA) is 20.2 Å². The van der Waals surface area contributed by atoms with Crippen molar-refractivity contribution in [1.82, 2.24) is 0 Å². The molecule has 1 nitrogen and oxygen atoms in total. The van der Waals surface area contributed by atoms with E-state index in [1.54, 1.807) is 24.3 Å². The fraction of sp³-hybridized carbons (Fsp3) is 0.250. The Morgan fingerprint density at radius 1 is 1.17 bits per heavy atom. The SMILES string of the molecule is O[C@](Cl)(c1ccccc1)C(Cl)Cl. The molecule has 0 aliphatic heterocycles. The minimum absolute atomic E-state index is 0.488. The Labute approximate surface area is 85.9 Å². The molecule has 0 bridgehead atoms. The second-order valence-electron chi connectivity index (χ2n) is 2.34. The maximum absolute atomic E-state index is 9.56. The van der Waals surface area contributed by atoms with E-state index in [0.29, 0.717) is 5.56 Å². The predicted molar refractivity (Wildman–Crippen MR) is 51.7 cm³/mol. The van der Waals surface area contributed by atoms with Crippen LogP contribution in [-0.4, -0.2) is 9.94 Å². The fourth-order valence-electron chi connectivity index (χ4n) is 0.798. The highest BCUT2D eigenvalue weighted by molar-refractivity contribution is 6.49. The van der Waals surface area contributed by atoms with Crippen molar-refractivity contribution in [2.75, 3.05) is 0 Å². The molecule has 1 N–H and O–H groups in total. The Kier molecular flexibility index (Phi) is 3.24. The molecule has 0 aliphatic rings. The number of hydrogen-bond donors (Lipinski definition) is 1. The van der Waals surface area contributed by atoms with Crippen molar-refractivity contribution < 1.29 is 5.11 Å². The summed E-state index contributed by atoms with van der Waals surface area (Å²) in [7, 11) is 0. The van der Waals surface area contributed by atoms with E-state index >= 15 is 0 Å². The van der Waals surface area contributed by atoms with Crippen molar-refractivity contribution >= 4 is 34.8 Å². The molecule has 1 rings (SSSR count). The lowest BCUT2D eigenvalue weighted by Gasteiger charge is -2.21. The van der Waals surface area contributed by atoms with Gasteiger partial charge in [-0.2, -0.15) is 0 Å². The van der Waals surface area contributed by atoms with Crippen LogP contribution in [0.5, 0.6) is 0 Å². The van der Waals surface area contributed by atoms with Gasteiger partial charge >= 0.3 is 0 Å². The third-order valence-electron chi connectivity index (χ3n) is 1.47. The van der Waals surface area contributed by atoms with Crippen molar-refractivity contribution in [3.8, 4) is 0 Å². The summed E-state index contributed by atoms with van der Waals surface area (Å²) in [5.41, 5.74) is 0.488. The van der Waals surface area contributed by atoms with Gasteiger partial charge < -0.3 is 5.11 Å². The van der Waals surface area contributed by atoms with Gasteiger partial charge in [0.2, 0.25) is 0 Å². The van der Waals surface area contributed by atoms with Crippen LogP contribution in [0.2, 0.25) is 0 Å². The molecule has 12 heavy (non-hydrogen) atoms. The highest BCUT2D eigenvalue weighted by atomic mass is 35.5. The summed E-state index contributed by atoms with van der Waals surface area (Å²) in [5.74, 6) is 0. The number of benzene rings is 1. The molecule has 0 saturated carbocycles. The molecule has 0 heterocycles. The normalized spacial score (nSPS) is 16.1. The van der Waals surface area contributed by atoms with Gasteiger partial charge in [0.1, 0.15) is 0 Å². The van der Waals surface area contributed by atoms with E-state index in [1.807, 2.05) is 6.07 Å². The van der Waals surface area contributed by atoms with Gasteiger partial charge in [-0.1, -0.05) is 41.9 Å². The van der Waals surface area contributed by atoms with Gasteiger partial charge in [-0.15, -0.1) is 23.2 Å². The van der Waals surface area contributed by atoms with Crippen LogP contribution in [0.15, 0.2) is 30.3 Å². The van der Waals surface area contributed by atoms with Crippen molar-refractivity contribution in [2.45, 2.75) is 9.90 Å². The minimum atomic E-state index is -1.70. The van der Waals surface area contributed by atoms with Crippen molar-refractivity contribution in [3.05, 3.63) is 35.9 Å². The van der Waals surface area contributed by atoms with Gasteiger partial charge in [-0.05, 0) is 0 Å². The molecule has 4 heteroatoms. The summed E-state index contributed by atoms with van der Waals surface area (Å²) < 4.78 is 0. The van der Waals surface area contributed by atoms with Gasteiger partial charge in [0.05, 0.1) is 0 Å². The van der Waals surface area contributed by atoms with Crippen LogP contribution in [0.1, 0.15) is 5.56 Å². The summed E-state index contributed by atoms with van der Waals surface area (Å²) in [6.45, 7) is 0. The Morgan fingerprint density at radius 2 is 1.67 bits per heavy atom. The molecule has 66 valence electrons. The summed E-state index contributed by atoms with van der Waals surface area (Å²) >= 11 is 16.7. The quantitative estimate of drug-likeness (QED) is 0.768. The second-order valence-corrected chi connectivity index (χ2v) is 4.01. The standard InChI is InChI=1S/C8H7Cl3O/c9-7(10)8(11,12)6-4-2-1-3-5-6/h1-5,7,12H/t8-/m1/s1. The summed E-state index contributed by atoms with van der Waals surface area (Å²) in [4.78, 5) is -1.05. The van der Waals surface area contributed by atoms with Crippen LogP contribution < -0.4 is 0 Å². The van der Waals surface area contributed by atoms with Crippen LogP contribution in [0, 0.1) is 0 Å². The second kappa shape index (κ2) is 3.84. The van der Waals surface area contributed by atoms with E-state index in [0.717, 1.165) is 0 Å². The molecule has 0 aromatic heterocycles. The molecule has 1 aromatic rings. The van der Waals surface area contributed by atoms with E-state index in [1.165, 1.54) is 0 Å². The highest BCUT2D eigenvalue weighted by Gasteiger charge is 2.33. The highest BCUT2D eigenvalue weighted by Crippen LogP contribution is 2.34. The molecular formula is C8H7Cl3O. The lowest BCUT2D eigenvalue weighted by molar-refractivity contribution is 0.144. The molecular weight excluding hydrogens is 218 g/mol. The first-order valence-electron chi connectivity index (χ1n) is 3.30. The molecule has 0 amide bonds. The maximum atomic E-state index is 9.56. The molecule has 0 saturated heterocycles. The van der Waals surface area contributed by atoms with Crippen LogP contribution in [-0.2, 0) is 5.06 Å². The Morgan fingerprint density at radius 3 is 2.08 bits per heavy atom. The molecule has 1 atom stereocenters. The Bertz CT molecular complexity index is 246. The molecule has 0 radical (unpaired) electrons. The largest absolute Gasteiger partial charge is 0.369 e.